The molecule has 0 radical (unpaired) electrons. The number of H-pyrrole nitrogens is 1. The highest BCUT2D eigenvalue weighted by Crippen LogP contribution is 2.25. The van der Waals surface area contributed by atoms with E-state index in [-0.39, 0.29) is 11.6 Å². The van der Waals surface area contributed by atoms with Crippen LogP contribution in [-0.4, -0.2) is 17.3 Å². The van der Waals surface area contributed by atoms with Crippen LogP contribution in [-0.2, 0) is 0 Å². The Bertz CT molecular complexity index is 582. The number of aromatic nitrogens is 2. The van der Waals surface area contributed by atoms with E-state index in [1.54, 1.807) is 12.1 Å². The summed E-state index contributed by atoms with van der Waals surface area (Å²) in [5.41, 5.74) is 0.575. The van der Waals surface area contributed by atoms with E-state index in [1.807, 2.05) is 0 Å². The Labute approximate surface area is 111 Å². The molecule has 0 aliphatic rings. The van der Waals surface area contributed by atoms with Crippen LogP contribution in [0.5, 0.6) is 5.75 Å². The van der Waals surface area contributed by atoms with E-state index in [0.717, 1.165) is 0 Å². The summed E-state index contributed by atoms with van der Waals surface area (Å²) in [6.07, 6.45) is 2.68. The van der Waals surface area contributed by atoms with Gasteiger partial charge in [0.15, 0.2) is 5.75 Å². The van der Waals surface area contributed by atoms with E-state index < -0.39 is 5.56 Å². The van der Waals surface area contributed by atoms with Crippen LogP contribution in [0.4, 0.5) is 4.39 Å². The number of benzene rings is 1. The molecule has 0 amide bonds. The standard InChI is InChI=1S/C11H9FN2O2.C3H8/c1-16-10-9(6-13-14-11(10)15)7-3-2-4-8(12)5-7;1-3-2/h2-6H,1H3,(H,14,15);3H2,1-2H3. The molecule has 0 saturated carbocycles. The largest absolute Gasteiger partial charge is 0.491 e. The second kappa shape index (κ2) is 7.31. The zero-order chi connectivity index (χ0) is 14.3. The highest BCUT2D eigenvalue weighted by Gasteiger charge is 2.10. The van der Waals surface area contributed by atoms with Crippen molar-refractivity contribution in [2.75, 3.05) is 7.11 Å². The molecule has 0 spiro atoms. The van der Waals surface area contributed by atoms with Crippen LogP contribution in [0.2, 0.25) is 0 Å². The fourth-order valence-corrected chi connectivity index (χ4v) is 1.45. The number of hydrogen-bond acceptors (Lipinski definition) is 3. The molecular formula is C14H17FN2O2. The lowest BCUT2D eigenvalue weighted by atomic mass is 10.1. The molecule has 0 fully saturated rings. The smallest absolute Gasteiger partial charge is 0.307 e. The van der Waals surface area contributed by atoms with Gasteiger partial charge in [-0.05, 0) is 17.7 Å². The van der Waals surface area contributed by atoms with E-state index in [1.165, 1.54) is 31.9 Å². The number of aromatic amines is 1. The second-order valence-electron chi connectivity index (χ2n) is 3.86. The Balaban J connectivity index is 0.000000550. The van der Waals surface area contributed by atoms with Gasteiger partial charge >= 0.3 is 5.56 Å². The Kier molecular flexibility index (Phi) is 5.73. The SMILES string of the molecule is CCC.COc1c(-c2cccc(F)c2)cn[nH]c1=O. The van der Waals surface area contributed by atoms with Crippen LogP contribution in [0.3, 0.4) is 0 Å². The number of methoxy groups -OCH3 is 1. The van der Waals surface area contributed by atoms with E-state index in [0.29, 0.717) is 11.1 Å². The summed E-state index contributed by atoms with van der Waals surface area (Å²) in [7, 11) is 1.38. The van der Waals surface area contributed by atoms with Crippen molar-refractivity contribution in [2.24, 2.45) is 0 Å². The number of hydrogen-bond donors (Lipinski definition) is 1. The first-order valence-electron chi connectivity index (χ1n) is 6.01. The molecule has 0 unspecified atom stereocenters. The number of rotatable bonds is 2. The topological polar surface area (TPSA) is 55.0 Å². The zero-order valence-electron chi connectivity index (χ0n) is 11.2. The second-order valence-corrected chi connectivity index (χ2v) is 3.86. The van der Waals surface area contributed by atoms with Gasteiger partial charge in [0.25, 0.3) is 0 Å². The highest BCUT2D eigenvalue weighted by atomic mass is 19.1. The molecular weight excluding hydrogens is 247 g/mol. The van der Waals surface area contributed by atoms with E-state index in [2.05, 4.69) is 24.0 Å². The van der Waals surface area contributed by atoms with Gasteiger partial charge in [0.2, 0.25) is 0 Å². The molecule has 1 heterocycles. The molecule has 0 atom stereocenters. The van der Waals surface area contributed by atoms with Crippen LogP contribution < -0.4 is 10.3 Å². The molecule has 1 aromatic heterocycles. The lowest BCUT2D eigenvalue weighted by Crippen LogP contribution is -2.11. The lowest BCUT2D eigenvalue weighted by molar-refractivity contribution is 0.408. The third-order valence-electron chi connectivity index (χ3n) is 2.15. The summed E-state index contributed by atoms with van der Waals surface area (Å²) in [6.45, 7) is 4.25. The third kappa shape index (κ3) is 3.91. The fraction of sp³-hybridized carbons (Fsp3) is 0.286. The van der Waals surface area contributed by atoms with E-state index in [4.69, 9.17) is 4.74 Å². The quantitative estimate of drug-likeness (QED) is 0.907. The summed E-state index contributed by atoms with van der Waals surface area (Å²) in [5.74, 6) is -0.250. The Morgan fingerprint density at radius 2 is 2.05 bits per heavy atom. The molecule has 0 aliphatic heterocycles. The van der Waals surface area contributed by atoms with Crippen molar-refractivity contribution >= 4 is 0 Å². The van der Waals surface area contributed by atoms with E-state index >= 15 is 0 Å². The molecule has 2 rings (SSSR count). The maximum Gasteiger partial charge on any atom is 0.307 e. The molecule has 0 bridgehead atoms. The lowest BCUT2D eigenvalue weighted by Gasteiger charge is -2.06. The van der Waals surface area contributed by atoms with Gasteiger partial charge in [-0.1, -0.05) is 32.4 Å². The summed E-state index contributed by atoms with van der Waals surface area (Å²) in [5, 5.41) is 5.91. The maximum absolute atomic E-state index is 13.0. The van der Waals surface area contributed by atoms with Gasteiger partial charge in [-0.15, -0.1) is 0 Å². The number of halogens is 1. The zero-order valence-corrected chi connectivity index (χ0v) is 11.2. The highest BCUT2D eigenvalue weighted by molar-refractivity contribution is 5.68. The minimum Gasteiger partial charge on any atom is -0.491 e. The number of nitrogens with one attached hydrogen (secondary N) is 1. The van der Waals surface area contributed by atoms with Crippen molar-refractivity contribution < 1.29 is 9.13 Å². The minimum absolute atomic E-state index is 0.126. The van der Waals surface area contributed by atoms with Gasteiger partial charge in [-0.2, -0.15) is 5.10 Å². The van der Waals surface area contributed by atoms with Gasteiger partial charge in [0.05, 0.1) is 13.3 Å². The van der Waals surface area contributed by atoms with Gasteiger partial charge in [0.1, 0.15) is 5.82 Å². The van der Waals surface area contributed by atoms with Crippen molar-refractivity contribution in [1.29, 1.82) is 0 Å². The summed E-state index contributed by atoms with van der Waals surface area (Å²) >= 11 is 0. The van der Waals surface area contributed by atoms with Crippen LogP contribution in [0.15, 0.2) is 35.3 Å². The molecule has 2 aromatic rings. The van der Waals surface area contributed by atoms with Crippen LogP contribution in [0, 0.1) is 5.82 Å². The van der Waals surface area contributed by atoms with Crippen molar-refractivity contribution in [3.63, 3.8) is 0 Å². The summed E-state index contributed by atoms with van der Waals surface area (Å²) in [4.78, 5) is 11.4. The molecule has 102 valence electrons. The normalized spacial score (nSPS) is 9.47. The van der Waals surface area contributed by atoms with Crippen molar-refractivity contribution in [3.8, 4) is 16.9 Å². The predicted octanol–water partition coefficient (Wildman–Crippen LogP) is 3.00. The van der Waals surface area contributed by atoms with E-state index in [9.17, 15) is 9.18 Å². The molecule has 1 aromatic carbocycles. The first kappa shape index (κ1) is 14.9. The summed E-state index contributed by atoms with van der Waals surface area (Å²) in [6, 6.07) is 5.89. The van der Waals surface area contributed by atoms with Crippen LogP contribution in [0.1, 0.15) is 20.3 Å². The molecule has 0 aliphatic carbocycles. The molecule has 1 N–H and O–H groups in total. The molecule has 5 heteroatoms. The molecule has 0 saturated heterocycles. The maximum atomic E-state index is 13.0. The Morgan fingerprint density at radius 3 is 2.63 bits per heavy atom. The van der Waals surface area contributed by atoms with Crippen molar-refractivity contribution in [1.82, 2.24) is 10.2 Å². The predicted molar refractivity (Wildman–Crippen MR) is 72.8 cm³/mol. The minimum atomic E-state index is -0.440. The van der Waals surface area contributed by atoms with Gasteiger partial charge in [-0.25, -0.2) is 9.49 Å². The first-order valence-corrected chi connectivity index (χ1v) is 6.01. The summed E-state index contributed by atoms with van der Waals surface area (Å²) < 4.78 is 18.0. The number of nitrogens with zero attached hydrogens (tertiary/aromatic N) is 1. The molecule has 19 heavy (non-hydrogen) atoms. The monoisotopic (exact) mass is 264 g/mol. The Hall–Kier alpha value is -2.17. The average Bonchev–Trinajstić information content (AvgIpc) is 2.39. The Morgan fingerprint density at radius 1 is 1.37 bits per heavy atom. The van der Waals surface area contributed by atoms with Crippen molar-refractivity contribution in [3.05, 3.63) is 46.6 Å². The average molecular weight is 264 g/mol. The van der Waals surface area contributed by atoms with Gasteiger partial charge in [0, 0.05) is 5.56 Å². The number of ether oxygens (including phenoxy) is 1. The van der Waals surface area contributed by atoms with Gasteiger partial charge < -0.3 is 4.74 Å². The van der Waals surface area contributed by atoms with Gasteiger partial charge in [-0.3, -0.25) is 4.79 Å². The van der Waals surface area contributed by atoms with Crippen LogP contribution >= 0.6 is 0 Å². The van der Waals surface area contributed by atoms with Crippen molar-refractivity contribution in [2.45, 2.75) is 20.3 Å². The molecule has 4 nitrogen and oxygen atoms in total. The fourth-order valence-electron chi connectivity index (χ4n) is 1.45. The van der Waals surface area contributed by atoms with Crippen LogP contribution in [0.25, 0.3) is 11.1 Å². The first-order chi connectivity index (χ1) is 9.13. The third-order valence-corrected chi connectivity index (χ3v) is 2.15.